The van der Waals surface area contributed by atoms with Crippen LogP contribution in [0.1, 0.15) is 11.4 Å². The van der Waals surface area contributed by atoms with Crippen molar-refractivity contribution in [3.05, 3.63) is 59.9 Å². The van der Waals surface area contributed by atoms with Gasteiger partial charge in [0.15, 0.2) is 0 Å². The second-order valence-corrected chi connectivity index (χ2v) is 4.36. The molecule has 0 spiro atoms. The van der Waals surface area contributed by atoms with E-state index in [4.69, 9.17) is 0 Å². The van der Waals surface area contributed by atoms with Crippen LogP contribution < -0.4 is 0 Å². The molecule has 0 amide bonds. The van der Waals surface area contributed by atoms with Crippen molar-refractivity contribution in [1.82, 2.24) is 9.55 Å². The summed E-state index contributed by atoms with van der Waals surface area (Å²) in [6.07, 6.45) is 0. The summed E-state index contributed by atoms with van der Waals surface area (Å²) in [5.74, 6) is 1.29. The van der Waals surface area contributed by atoms with E-state index in [-0.39, 0.29) is 0 Å². The predicted molar refractivity (Wildman–Crippen MR) is 71.7 cm³/mol. The van der Waals surface area contributed by atoms with Gasteiger partial charge in [-0.1, -0.05) is 30.3 Å². The Labute approximate surface area is 105 Å². The van der Waals surface area contributed by atoms with Gasteiger partial charge in [0.1, 0.15) is 11.6 Å². The summed E-state index contributed by atoms with van der Waals surface area (Å²) in [6, 6.07) is 15.5. The minimum absolute atomic E-state index is 0.328. The highest BCUT2D eigenvalue weighted by Gasteiger charge is 2.08. The van der Waals surface area contributed by atoms with Crippen molar-refractivity contribution in [2.75, 3.05) is 0 Å². The molecular weight excluding hydrogens is 224 g/mol. The molecule has 0 atom stereocenters. The van der Waals surface area contributed by atoms with Gasteiger partial charge in [0.25, 0.3) is 0 Å². The fourth-order valence-corrected chi connectivity index (χ4v) is 2.21. The normalized spacial score (nSPS) is 10.9. The van der Waals surface area contributed by atoms with E-state index in [1.165, 1.54) is 0 Å². The number of rotatable bonds is 2. The molecule has 0 radical (unpaired) electrons. The van der Waals surface area contributed by atoms with Crippen LogP contribution in [0, 0.1) is 6.92 Å². The van der Waals surface area contributed by atoms with E-state index >= 15 is 0 Å². The van der Waals surface area contributed by atoms with Crippen LogP contribution >= 0.6 is 0 Å². The van der Waals surface area contributed by atoms with E-state index in [1.54, 1.807) is 6.07 Å². The van der Waals surface area contributed by atoms with Crippen LogP contribution in [0.2, 0.25) is 0 Å². The van der Waals surface area contributed by atoms with Crippen LogP contribution in [0.5, 0.6) is 5.75 Å². The Morgan fingerprint density at radius 1 is 1.06 bits per heavy atom. The topological polar surface area (TPSA) is 38.0 Å². The molecule has 0 bridgehead atoms. The average molecular weight is 238 g/mol. The maximum Gasteiger partial charge on any atom is 0.120 e. The molecule has 1 aromatic heterocycles. The van der Waals surface area contributed by atoms with E-state index in [9.17, 15) is 5.11 Å². The fourth-order valence-electron chi connectivity index (χ4n) is 2.21. The lowest BCUT2D eigenvalue weighted by molar-refractivity contribution is 0.466. The molecule has 0 aliphatic heterocycles. The first-order chi connectivity index (χ1) is 8.75. The lowest BCUT2D eigenvalue weighted by Gasteiger charge is -2.08. The Kier molecular flexibility index (Phi) is 2.52. The van der Waals surface area contributed by atoms with Crippen molar-refractivity contribution in [2.45, 2.75) is 13.5 Å². The first-order valence-corrected chi connectivity index (χ1v) is 5.94. The van der Waals surface area contributed by atoms with E-state index in [0.29, 0.717) is 12.3 Å². The molecule has 0 saturated heterocycles. The van der Waals surface area contributed by atoms with E-state index < -0.39 is 0 Å². The van der Waals surface area contributed by atoms with Crippen molar-refractivity contribution >= 4 is 11.0 Å². The molecule has 1 N–H and O–H groups in total. The minimum atomic E-state index is 0.328. The quantitative estimate of drug-likeness (QED) is 0.745. The van der Waals surface area contributed by atoms with Crippen molar-refractivity contribution in [2.24, 2.45) is 0 Å². The van der Waals surface area contributed by atoms with E-state index in [0.717, 1.165) is 22.4 Å². The highest BCUT2D eigenvalue weighted by atomic mass is 16.3. The highest BCUT2D eigenvalue weighted by molar-refractivity contribution is 5.76. The largest absolute Gasteiger partial charge is 0.508 e. The number of hydrogen-bond donors (Lipinski definition) is 1. The monoisotopic (exact) mass is 238 g/mol. The molecule has 0 unspecified atom stereocenters. The molecule has 1 heterocycles. The zero-order chi connectivity index (χ0) is 12.5. The lowest BCUT2D eigenvalue weighted by Crippen LogP contribution is -2.02. The van der Waals surface area contributed by atoms with Crippen LogP contribution in [0.3, 0.4) is 0 Å². The van der Waals surface area contributed by atoms with Crippen LogP contribution in [0.25, 0.3) is 11.0 Å². The van der Waals surface area contributed by atoms with Gasteiger partial charge in [0, 0.05) is 5.56 Å². The molecular formula is C15H14N2O. The third kappa shape index (κ3) is 1.74. The van der Waals surface area contributed by atoms with Crippen molar-refractivity contribution < 1.29 is 5.11 Å². The first-order valence-electron chi connectivity index (χ1n) is 5.94. The van der Waals surface area contributed by atoms with Gasteiger partial charge < -0.3 is 9.67 Å². The Balaban J connectivity index is 2.10. The molecule has 18 heavy (non-hydrogen) atoms. The van der Waals surface area contributed by atoms with Gasteiger partial charge in [-0.25, -0.2) is 4.98 Å². The second-order valence-electron chi connectivity index (χ2n) is 4.36. The van der Waals surface area contributed by atoms with Crippen molar-refractivity contribution in [3.8, 4) is 5.75 Å². The third-order valence-corrected chi connectivity index (χ3v) is 3.17. The number of aryl methyl sites for hydroxylation is 1. The molecule has 3 aromatic rings. The molecule has 0 aliphatic rings. The lowest BCUT2D eigenvalue weighted by atomic mass is 10.2. The van der Waals surface area contributed by atoms with Crippen LogP contribution in [0.15, 0.2) is 48.5 Å². The fraction of sp³-hybridized carbons (Fsp3) is 0.133. The SMILES string of the molecule is Cc1nc2ccccc2n1Cc1ccccc1O. The zero-order valence-corrected chi connectivity index (χ0v) is 10.2. The first kappa shape index (κ1) is 10.8. The van der Waals surface area contributed by atoms with E-state index in [2.05, 4.69) is 15.6 Å². The minimum Gasteiger partial charge on any atom is -0.508 e. The Morgan fingerprint density at radius 2 is 1.78 bits per heavy atom. The smallest absolute Gasteiger partial charge is 0.120 e. The maximum atomic E-state index is 9.84. The summed E-state index contributed by atoms with van der Waals surface area (Å²) in [7, 11) is 0. The van der Waals surface area contributed by atoms with Crippen LogP contribution in [0.4, 0.5) is 0 Å². The molecule has 0 fully saturated rings. The van der Waals surface area contributed by atoms with Gasteiger partial charge in [-0.2, -0.15) is 0 Å². The van der Waals surface area contributed by atoms with Gasteiger partial charge in [0.05, 0.1) is 17.6 Å². The zero-order valence-electron chi connectivity index (χ0n) is 10.2. The molecule has 3 rings (SSSR count). The Morgan fingerprint density at radius 3 is 2.61 bits per heavy atom. The van der Waals surface area contributed by atoms with Gasteiger partial charge in [-0.3, -0.25) is 0 Å². The van der Waals surface area contributed by atoms with Crippen molar-refractivity contribution in [1.29, 1.82) is 0 Å². The summed E-state index contributed by atoms with van der Waals surface area (Å²) in [6.45, 7) is 2.62. The molecule has 2 aromatic carbocycles. The predicted octanol–water partition coefficient (Wildman–Crippen LogP) is 3.10. The summed E-state index contributed by atoms with van der Waals surface area (Å²) in [5.41, 5.74) is 2.99. The highest BCUT2D eigenvalue weighted by Crippen LogP contribution is 2.21. The number of nitrogens with zero attached hydrogens (tertiary/aromatic N) is 2. The van der Waals surface area contributed by atoms with Crippen molar-refractivity contribution in [3.63, 3.8) is 0 Å². The van der Waals surface area contributed by atoms with Gasteiger partial charge in [0.2, 0.25) is 0 Å². The van der Waals surface area contributed by atoms with Gasteiger partial charge >= 0.3 is 0 Å². The van der Waals surface area contributed by atoms with Gasteiger partial charge in [-0.15, -0.1) is 0 Å². The molecule has 0 saturated carbocycles. The van der Waals surface area contributed by atoms with Gasteiger partial charge in [-0.05, 0) is 25.1 Å². The summed E-state index contributed by atoms with van der Waals surface area (Å²) in [4.78, 5) is 4.52. The maximum absolute atomic E-state index is 9.84. The summed E-state index contributed by atoms with van der Waals surface area (Å²) in [5, 5.41) is 9.84. The summed E-state index contributed by atoms with van der Waals surface area (Å²) >= 11 is 0. The number of phenolic OH excluding ortho intramolecular Hbond substituents is 1. The molecule has 3 nitrogen and oxygen atoms in total. The molecule has 90 valence electrons. The number of imidazole rings is 1. The number of hydrogen-bond acceptors (Lipinski definition) is 2. The third-order valence-electron chi connectivity index (χ3n) is 3.17. The number of benzene rings is 2. The molecule has 3 heteroatoms. The Hall–Kier alpha value is -2.29. The number of aromatic nitrogens is 2. The van der Waals surface area contributed by atoms with Crippen LogP contribution in [-0.4, -0.2) is 14.7 Å². The standard InChI is InChI=1S/C15H14N2O/c1-11-16-13-7-3-4-8-14(13)17(11)10-12-6-2-5-9-15(12)18/h2-9,18H,10H2,1H3. The number of fused-ring (bicyclic) bond motifs is 1. The number of phenols is 1. The van der Waals surface area contributed by atoms with E-state index in [1.807, 2.05) is 43.3 Å². The molecule has 0 aliphatic carbocycles. The summed E-state index contributed by atoms with van der Waals surface area (Å²) < 4.78 is 2.12. The number of aromatic hydroxyl groups is 1. The number of para-hydroxylation sites is 3. The second kappa shape index (κ2) is 4.18. The Bertz CT molecular complexity index is 701. The average Bonchev–Trinajstić information content (AvgIpc) is 2.69. The van der Waals surface area contributed by atoms with Crippen LogP contribution in [-0.2, 0) is 6.54 Å².